The van der Waals surface area contributed by atoms with Crippen molar-refractivity contribution in [3.05, 3.63) is 39.5 Å². The molecule has 3 aromatic rings. The van der Waals surface area contributed by atoms with Crippen LogP contribution in [0.2, 0.25) is 0 Å². The molecule has 0 N–H and O–H groups in total. The summed E-state index contributed by atoms with van der Waals surface area (Å²) >= 11 is 3.33. The number of aromatic nitrogens is 3. The standard InChI is InChI=1S/C21H27N5OS2/c27-20(24-9-4-2-1-3-5-10-24)18-17(26-12-14-29-21(26)23-18)15-25-11-6-7-16(25)19-22-8-13-28-19/h8,12-14,16H,1-7,9-11,15H2/t16-/m0/s1. The van der Waals surface area contributed by atoms with Crippen molar-refractivity contribution in [2.45, 2.75) is 57.5 Å². The molecule has 0 unspecified atom stereocenters. The number of carbonyl (C=O) groups excluding carboxylic acids is 1. The quantitative estimate of drug-likeness (QED) is 0.608. The second kappa shape index (κ2) is 8.53. The number of fused-ring (bicyclic) bond motifs is 1. The number of rotatable bonds is 4. The predicted octanol–water partition coefficient (Wildman–Crippen LogP) is 4.60. The van der Waals surface area contributed by atoms with E-state index in [4.69, 9.17) is 4.98 Å². The minimum absolute atomic E-state index is 0.114. The van der Waals surface area contributed by atoms with Crippen molar-refractivity contribution < 1.29 is 4.79 Å². The van der Waals surface area contributed by atoms with Crippen LogP contribution >= 0.6 is 22.7 Å². The van der Waals surface area contributed by atoms with E-state index in [1.165, 1.54) is 30.7 Å². The number of hydrogen-bond acceptors (Lipinski definition) is 6. The fourth-order valence-electron chi connectivity index (χ4n) is 4.64. The highest BCUT2D eigenvalue weighted by molar-refractivity contribution is 7.15. The van der Waals surface area contributed by atoms with Crippen molar-refractivity contribution in [3.63, 3.8) is 0 Å². The molecule has 0 spiro atoms. The molecule has 29 heavy (non-hydrogen) atoms. The molecule has 5 heterocycles. The molecule has 2 saturated heterocycles. The molecular weight excluding hydrogens is 402 g/mol. The third kappa shape index (κ3) is 3.85. The summed E-state index contributed by atoms with van der Waals surface area (Å²) in [5.74, 6) is 0.114. The Morgan fingerprint density at radius 1 is 1.03 bits per heavy atom. The summed E-state index contributed by atoms with van der Waals surface area (Å²) in [5.41, 5.74) is 1.69. The van der Waals surface area contributed by atoms with Crippen LogP contribution in [0.25, 0.3) is 4.96 Å². The monoisotopic (exact) mass is 429 g/mol. The highest BCUT2D eigenvalue weighted by atomic mass is 32.1. The largest absolute Gasteiger partial charge is 0.337 e. The van der Waals surface area contributed by atoms with E-state index >= 15 is 0 Å². The summed E-state index contributed by atoms with van der Waals surface area (Å²) < 4.78 is 2.12. The van der Waals surface area contributed by atoms with Gasteiger partial charge in [0, 0.05) is 42.8 Å². The van der Waals surface area contributed by atoms with Gasteiger partial charge in [0.2, 0.25) is 0 Å². The van der Waals surface area contributed by atoms with Crippen molar-refractivity contribution in [2.75, 3.05) is 19.6 Å². The average molecular weight is 430 g/mol. The fourth-order valence-corrected chi connectivity index (χ4v) is 6.18. The second-order valence-corrected chi connectivity index (χ2v) is 9.82. The Kier molecular flexibility index (Phi) is 5.65. The topological polar surface area (TPSA) is 53.7 Å². The van der Waals surface area contributed by atoms with Crippen molar-refractivity contribution in [2.24, 2.45) is 0 Å². The van der Waals surface area contributed by atoms with E-state index in [-0.39, 0.29) is 5.91 Å². The van der Waals surface area contributed by atoms with Crippen LogP contribution in [0.15, 0.2) is 23.2 Å². The number of hydrogen-bond donors (Lipinski definition) is 0. The molecule has 2 aliphatic rings. The zero-order chi connectivity index (χ0) is 19.6. The summed E-state index contributed by atoms with van der Waals surface area (Å²) in [6.07, 6.45) is 12.2. The maximum Gasteiger partial charge on any atom is 0.274 e. The number of carbonyl (C=O) groups is 1. The van der Waals surface area contributed by atoms with Gasteiger partial charge in [0.15, 0.2) is 10.7 Å². The lowest BCUT2D eigenvalue weighted by molar-refractivity contribution is 0.0734. The highest BCUT2D eigenvalue weighted by Gasteiger charge is 2.32. The van der Waals surface area contributed by atoms with E-state index in [1.54, 1.807) is 22.7 Å². The zero-order valence-corrected chi connectivity index (χ0v) is 18.3. The molecule has 0 aliphatic carbocycles. The van der Waals surface area contributed by atoms with Gasteiger partial charge in [-0.05, 0) is 32.2 Å². The average Bonchev–Trinajstić information content (AvgIpc) is 3.47. The Hall–Kier alpha value is -1.77. The van der Waals surface area contributed by atoms with E-state index in [2.05, 4.69) is 31.2 Å². The smallest absolute Gasteiger partial charge is 0.274 e. The Morgan fingerprint density at radius 2 is 1.86 bits per heavy atom. The van der Waals surface area contributed by atoms with Crippen molar-refractivity contribution in [3.8, 4) is 0 Å². The van der Waals surface area contributed by atoms with Crippen LogP contribution in [0.4, 0.5) is 0 Å². The maximum absolute atomic E-state index is 13.5. The Morgan fingerprint density at radius 3 is 2.66 bits per heavy atom. The van der Waals surface area contributed by atoms with Gasteiger partial charge in [-0.2, -0.15) is 0 Å². The molecule has 0 radical (unpaired) electrons. The lowest BCUT2D eigenvalue weighted by Crippen LogP contribution is -2.35. The molecule has 5 rings (SSSR count). The van der Waals surface area contributed by atoms with Crippen LogP contribution < -0.4 is 0 Å². The van der Waals surface area contributed by atoms with Crippen molar-refractivity contribution in [1.82, 2.24) is 24.2 Å². The predicted molar refractivity (Wildman–Crippen MR) is 117 cm³/mol. The first-order valence-electron chi connectivity index (χ1n) is 10.7. The van der Waals surface area contributed by atoms with Crippen LogP contribution in [0.5, 0.6) is 0 Å². The number of imidazole rings is 1. The van der Waals surface area contributed by atoms with E-state index < -0.39 is 0 Å². The van der Waals surface area contributed by atoms with Gasteiger partial charge in [-0.15, -0.1) is 22.7 Å². The number of amides is 1. The highest BCUT2D eigenvalue weighted by Crippen LogP contribution is 2.35. The molecule has 1 atom stereocenters. The van der Waals surface area contributed by atoms with E-state index in [1.807, 2.05) is 11.1 Å². The van der Waals surface area contributed by atoms with Gasteiger partial charge < -0.3 is 4.90 Å². The van der Waals surface area contributed by atoms with E-state index in [0.717, 1.165) is 56.1 Å². The van der Waals surface area contributed by atoms with Crippen LogP contribution in [0.1, 0.15) is 72.2 Å². The Labute approximate surface area is 179 Å². The number of nitrogens with zero attached hydrogens (tertiary/aromatic N) is 5. The molecule has 2 fully saturated rings. The van der Waals surface area contributed by atoms with Gasteiger partial charge in [0.25, 0.3) is 5.91 Å². The van der Waals surface area contributed by atoms with Gasteiger partial charge in [-0.1, -0.05) is 19.3 Å². The van der Waals surface area contributed by atoms with E-state index in [0.29, 0.717) is 11.7 Å². The van der Waals surface area contributed by atoms with Gasteiger partial charge in [-0.25, -0.2) is 9.97 Å². The van der Waals surface area contributed by atoms with E-state index in [9.17, 15) is 4.79 Å². The molecular formula is C21H27N5OS2. The summed E-state index contributed by atoms with van der Waals surface area (Å²) in [4.78, 5) is 28.2. The first kappa shape index (κ1) is 19.2. The molecule has 3 aromatic heterocycles. The third-order valence-electron chi connectivity index (χ3n) is 6.16. The Bertz CT molecular complexity index is 955. The van der Waals surface area contributed by atoms with Crippen LogP contribution in [0.3, 0.4) is 0 Å². The number of thiazole rings is 2. The lowest BCUT2D eigenvalue weighted by atomic mass is 10.1. The van der Waals surface area contributed by atoms with Crippen LogP contribution in [0, 0.1) is 0 Å². The van der Waals surface area contributed by atoms with Crippen LogP contribution in [-0.2, 0) is 6.54 Å². The summed E-state index contributed by atoms with van der Waals surface area (Å²) in [6, 6.07) is 0.351. The van der Waals surface area contributed by atoms with Gasteiger partial charge in [-0.3, -0.25) is 14.1 Å². The molecule has 0 saturated carbocycles. The Balaban J connectivity index is 1.44. The molecule has 0 aromatic carbocycles. The van der Waals surface area contributed by atoms with Crippen molar-refractivity contribution in [1.29, 1.82) is 0 Å². The molecule has 2 aliphatic heterocycles. The maximum atomic E-state index is 13.5. The summed E-state index contributed by atoms with van der Waals surface area (Å²) in [5, 5.41) is 5.29. The fraction of sp³-hybridized carbons (Fsp3) is 0.571. The lowest BCUT2D eigenvalue weighted by Gasteiger charge is -2.26. The molecule has 0 bridgehead atoms. The summed E-state index contributed by atoms with van der Waals surface area (Å²) in [6.45, 7) is 3.50. The zero-order valence-electron chi connectivity index (χ0n) is 16.6. The van der Waals surface area contributed by atoms with Crippen molar-refractivity contribution >= 4 is 33.5 Å². The first-order valence-corrected chi connectivity index (χ1v) is 12.4. The van der Waals surface area contributed by atoms with Crippen LogP contribution in [-0.4, -0.2) is 49.7 Å². The second-order valence-electron chi connectivity index (χ2n) is 8.02. The number of likely N-dealkylation sites (tertiary alicyclic amines) is 2. The van der Waals surface area contributed by atoms with Gasteiger partial charge in [0.1, 0.15) is 5.01 Å². The molecule has 6 nitrogen and oxygen atoms in total. The molecule has 8 heteroatoms. The summed E-state index contributed by atoms with van der Waals surface area (Å²) in [7, 11) is 0. The molecule has 154 valence electrons. The first-order chi connectivity index (χ1) is 14.3. The van der Waals surface area contributed by atoms with Gasteiger partial charge in [0.05, 0.1) is 11.7 Å². The SMILES string of the molecule is O=C(c1nc2sccn2c1CN1CCC[C@H]1c1nccs1)N1CCCCCCC1. The minimum Gasteiger partial charge on any atom is -0.337 e. The minimum atomic E-state index is 0.114. The molecule has 1 amide bonds. The normalized spacial score (nSPS) is 21.5. The third-order valence-corrected chi connectivity index (χ3v) is 7.79. The van der Waals surface area contributed by atoms with Gasteiger partial charge >= 0.3 is 0 Å².